The summed E-state index contributed by atoms with van der Waals surface area (Å²) in [5.74, 6) is 1.66. The summed E-state index contributed by atoms with van der Waals surface area (Å²) >= 11 is 1.59. The van der Waals surface area contributed by atoms with Crippen molar-refractivity contribution in [1.29, 1.82) is 0 Å². The number of fused-ring (bicyclic) bond motifs is 1. The smallest absolute Gasteiger partial charge is 0.184 e. The van der Waals surface area contributed by atoms with E-state index in [0.29, 0.717) is 13.2 Å². The van der Waals surface area contributed by atoms with Gasteiger partial charge in [-0.15, -0.1) is 0 Å². The van der Waals surface area contributed by atoms with Gasteiger partial charge in [0.25, 0.3) is 0 Å². The fraction of sp³-hybridized carbons (Fsp3) is 0.231. The Labute approximate surface area is 114 Å². The Kier molecular flexibility index (Phi) is 3.33. The van der Waals surface area contributed by atoms with Gasteiger partial charge in [0.15, 0.2) is 10.9 Å². The molecule has 0 saturated carbocycles. The molecule has 0 aliphatic rings. The maximum absolute atomic E-state index is 5.48. The third-order valence-electron chi connectivity index (χ3n) is 2.58. The quantitative estimate of drug-likeness (QED) is 0.774. The number of ether oxygens (including phenoxy) is 1. The number of nitrogens with one attached hydrogen (secondary N) is 1. The lowest BCUT2D eigenvalue weighted by Gasteiger charge is -2.00. The third kappa shape index (κ3) is 2.68. The fourth-order valence-corrected chi connectivity index (χ4v) is 2.62. The Morgan fingerprint density at radius 1 is 1.37 bits per heavy atom. The fourth-order valence-electron chi connectivity index (χ4n) is 1.73. The number of anilines is 1. The molecule has 19 heavy (non-hydrogen) atoms. The zero-order valence-electron chi connectivity index (χ0n) is 10.4. The average Bonchev–Trinajstić information content (AvgIpc) is 3.05. The predicted molar refractivity (Wildman–Crippen MR) is 74.6 cm³/mol. The molecule has 0 aliphatic carbocycles. The highest BCUT2D eigenvalue weighted by atomic mass is 32.1. The molecule has 0 atom stereocenters. The lowest BCUT2D eigenvalue weighted by molar-refractivity contribution is 0.341. The predicted octanol–water partition coefficient (Wildman–Crippen LogP) is 3.30. The molecule has 0 aliphatic heterocycles. The highest BCUT2D eigenvalue weighted by Gasteiger charge is 2.06. The highest BCUT2D eigenvalue weighted by Crippen LogP contribution is 2.29. The van der Waals surface area contributed by atoms with Gasteiger partial charge >= 0.3 is 0 Å². The summed E-state index contributed by atoms with van der Waals surface area (Å²) < 4.78 is 11.6. The second kappa shape index (κ2) is 5.27. The van der Waals surface area contributed by atoms with Crippen molar-refractivity contribution in [1.82, 2.24) is 10.1 Å². The van der Waals surface area contributed by atoms with Gasteiger partial charge in [-0.25, -0.2) is 4.98 Å². The first-order valence-corrected chi connectivity index (χ1v) is 6.83. The first-order chi connectivity index (χ1) is 9.35. The Bertz CT molecular complexity index is 664. The van der Waals surface area contributed by atoms with Gasteiger partial charge in [0.05, 0.1) is 29.6 Å². The number of nitrogens with zero attached hydrogens (tertiary/aromatic N) is 2. The largest absolute Gasteiger partial charge is 0.494 e. The molecule has 0 amide bonds. The van der Waals surface area contributed by atoms with E-state index in [1.807, 2.05) is 31.2 Å². The highest BCUT2D eigenvalue weighted by molar-refractivity contribution is 7.22. The molecule has 1 aromatic carbocycles. The minimum absolute atomic E-state index is 0.581. The van der Waals surface area contributed by atoms with E-state index >= 15 is 0 Å². The van der Waals surface area contributed by atoms with E-state index in [2.05, 4.69) is 15.5 Å². The molecule has 98 valence electrons. The van der Waals surface area contributed by atoms with Crippen molar-refractivity contribution in [2.75, 3.05) is 11.9 Å². The van der Waals surface area contributed by atoms with Crippen LogP contribution in [0.15, 0.2) is 35.0 Å². The normalized spacial score (nSPS) is 10.8. The summed E-state index contributed by atoms with van der Waals surface area (Å²) in [6, 6.07) is 7.74. The van der Waals surface area contributed by atoms with E-state index in [0.717, 1.165) is 26.9 Å². The van der Waals surface area contributed by atoms with Crippen LogP contribution in [-0.2, 0) is 6.54 Å². The van der Waals surface area contributed by atoms with Crippen molar-refractivity contribution in [3.8, 4) is 5.75 Å². The number of thiazole rings is 1. The molecule has 3 rings (SSSR count). The number of benzene rings is 1. The molecule has 0 unspecified atom stereocenters. The maximum atomic E-state index is 5.48. The lowest BCUT2D eigenvalue weighted by Crippen LogP contribution is -1.96. The molecule has 3 aromatic rings. The van der Waals surface area contributed by atoms with Crippen LogP contribution >= 0.6 is 11.3 Å². The standard InChI is InChI=1S/C13H13N3O2S/c1-2-17-9-3-4-11-12(7-9)19-13(16-11)14-8-10-5-6-15-18-10/h3-7H,2,8H2,1H3,(H,14,16). The number of hydrogen-bond acceptors (Lipinski definition) is 6. The summed E-state index contributed by atoms with van der Waals surface area (Å²) in [7, 11) is 0. The van der Waals surface area contributed by atoms with E-state index in [1.165, 1.54) is 0 Å². The summed E-state index contributed by atoms with van der Waals surface area (Å²) in [4.78, 5) is 4.50. The minimum Gasteiger partial charge on any atom is -0.494 e. The Balaban J connectivity index is 1.77. The molecule has 0 radical (unpaired) electrons. The van der Waals surface area contributed by atoms with Gasteiger partial charge in [-0.2, -0.15) is 0 Å². The molecule has 5 nitrogen and oxygen atoms in total. The molecular formula is C13H13N3O2S. The van der Waals surface area contributed by atoms with E-state index < -0.39 is 0 Å². The van der Waals surface area contributed by atoms with E-state index in [4.69, 9.17) is 9.26 Å². The first-order valence-electron chi connectivity index (χ1n) is 6.02. The maximum Gasteiger partial charge on any atom is 0.184 e. The van der Waals surface area contributed by atoms with Gasteiger partial charge in [-0.1, -0.05) is 16.5 Å². The molecule has 6 heteroatoms. The minimum atomic E-state index is 0.581. The molecule has 0 fully saturated rings. The van der Waals surface area contributed by atoms with Crippen LogP contribution in [0.2, 0.25) is 0 Å². The topological polar surface area (TPSA) is 60.2 Å². The van der Waals surface area contributed by atoms with Gasteiger partial charge < -0.3 is 14.6 Å². The Morgan fingerprint density at radius 2 is 2.32 bits per heavy atom. The lowest BCUT2D eigenvalue weighted by atomic mass is 10.3. The zero-order valence-corrected chi connectivity index (χ0v) is 11.2. The van der Waals surface area contributed by atoms with Crippen LogP contribution in [0, 0.1) is 0 Å². The van der Waals surface area contributed by atoms with E-state index in [-0.39, 0.29) is 0 Å². The molecule has 0 saturated heterocycles. The summed E-state index contributed by atoms with van der Waals surface area (Å²) in [6.45, 7) is 3.22. The van der Waals surface area contributed by atoms with Gasteiger partial charge in [0, 0.05) is 6.07 Å². The van der Waals surface area contributed by atoms with Crippen LogP contribution in [0.3, 0.4) is 0 Å². The molecular weight excluding hydrogens is 262 g/mol. The van der Waals surface area contributed by atoms with Crippen molar-refractivity contribution < 1.29 is 9.26 Å². The van der Waals surface area contributed by atoms with E-state index in [1.54, 1.807) is 17.5 Å². The summed E-state index contributed by atoms with van der Waals surface area (Å²) in [6.07, 6.45) is 1.63. The van der Waals surface area contributed by atoms with Gasteiger partial charge in [0.2, 0.25) is 0 Å². The van der Waals surface area contributed by atoms with Crippen LogP contribution < -0.4 is 10.1 Å². The van der Waals surface area contributed by atoms with Crippen molar-refractivity contribution in [2.24, 2.45) is 0 Å². The van der Waals surface area contributed by atoms with Crippen LogP contribution in [-0.4, -0.2) is 16.7 Å². The Morgan fingerprint density at radius 3 is 3.11 bits per heavy atom. The second-order valence-electron chi connectivity index (χ2n) is 3.91. The number of rotatable bonds is 5. The third-order valence-corrected chi connectivity index (χ3v) is 3.55. The molecule has 0 spiro atoms. The van der Waals surface area contributed by atoms with Crippen molar-refractivity contribution in [3.05, 3.63) is 36.2 Å². The summed E-state index contributed by atoms with van der Waals surface area (Å²) in [5.41, 5.74) is 0.966. The van der Waals surface area contributed by atoms with Crippen molar-refractivity contribution in [2.45, 2.75) is 13.5 Å². The SMILES string of the molecule is CCOc1ccc2nc(NCc3ccno3)sc2c1. The second-order valence-corrected chi connectivity index (χ2v) is 4.94. The monoisotopic (exact) mass is 275 g/mol. The van der Waals surface area contributed by atoms with Crippen molar-refractivity contribution in [3.63, 3.8) is 0 Å². The first kappa shape index (κ1) is 12.0. The number of hydrogen-bond donors (Lipinski definition) is 1. The molecule has 0 bridgehead atoms. The van der Waals surface area contributed by atoms with Crippen LogP contribution in [0.1, 0.15) is 12.7 Å². The molecule has 1 N–H and O–H groups in total. The van der Waals surface area contributed by atoms with Gasteiger partial charge in [-0.3, -0.25) is 0 Å². The van der Waals surface area contributed by atoms with E-state index in [9.17, 15) is 0 Å². The van der Waals surface area contributed by atoms with Gasteiger partial charge in [0.1, 0.15) is 5.75 Å². The van der Waals surface area contributed by atoms with Crippen LogP contribution in [0.25, 0.3) is 10.2 Å². The molecule has 2 aromatic heterocycles. The zero-order chi connectivity index (χ0) is 13.1. The molecule has 2 heterocycles. The van der Waals surface area contributed by atoms with Crippen LogP contribution in [0.4, 0.5) is 5.13 Å². The summed E-state index contributed by atoms with van der Waals surface area (Å²) in [5, 5.41) is 7.74. The van der Waals surface area contributed by atoms with Crippen molar-refractivity contribution >= 4 is 26.7 Å². The van der Waals surface area contributed by atoms with Gasteiger partial charge in [-0.05, 0) is 25.1 Å². The Hall–Kier alpha value is -2.08. The number of aromatic nitrogens is 2. The average molecular weight is 275 g/mol. The van der Waals surface area contributed by atoms with Crippen LogP contribution in [0.5, 0.6) is 5.75 Å².